The Morgan fingerprint density at radius 2 is 2.41 bits per heavy atom. The number of anilines is 1. The zero-order chi connectivity index (χ0) is 12.4. The lowest BCUT2D eigenvalue weighted by Crippen LogP contribution is -2.26. The number of nitrogens with two attached hydrogens (primary N) is 1. The van der Waals surface area contributed by atoms with E-state index in [-0.39, 0.29) is 5.91 Å². The highest BCUT2D eigenvalue weighted by molar-refractivity contribution is 7.17. The van der Waals surface area contributed by atoms with Gasteiger partial charge in [-0.15, -0.1) is 0 Å². The molecule has 0 radical (unpaired) electrons. The number of nitrogens with one attached hydrogen (secondary N) is 1. The molecule has 2 heterocycles. The number of rotatable bonds is 3. The second-order valence-electron chi connectivity index (χ2n) is 3.66. The summed E-state index contributed by atoms with van der Waals surface area (Å²) < 4.78 is 0. The topological polar surface area (TPSA) is 87.9 Å². The standard InChI is InChI=1S/C10H13N5OS/c1-6-8(17-10(11)14-6)9(16)15(2)5-7-12-3-4-13-7/h3-4H,5H2,1-2H3,(H2,11,14)(H,12,13). The first-order valence-electron chi connectivity index (χ1n) is 5.04. The molecule has 90 valence electrons. The number of amides is 1. The summed E-state index contributed by atoms with van der Waals surface area (Å²) in [5.41, 5.74) is 6.24. The van der Waals surface area contributed by atoms with E-state index in [4.69, 9.17) is 5.73 Å². The van der Waals surface area contributed by atoms with Gasteiger partial charge in [0.05, 0.1) is 12.2 Å². The number of hydrogen-bond donors (Lipinski definition) is 2. The fraction of sp³-hybridized carbons (Fsp3) is 0.300. The van der Waals surface area contributed by atoms with Gasteiger partial charge < -0.3 is 15.6 Å². The first kappa shape index (κ1) is 11.6. The number of aromatic nitrogens is 3. The van der Waals surface area contributed by atoms with Gasteiger partial charge in [0.15, 0.2) is 5.13 Å². The summed E-state index contributed by atoms with van der Waals surface area (Å²) in [4.78, 5) is 25.3. The Morgan fingerprint density at radius 1 is 1.65 bits per heavy atom. The summed E-state index contributed by atoms with van der Waals surface area (Å²) in [6.07, 6.45) is 3.38. The average Bonchev–Trinajstić information content (AvgIpc) is 2.87. The number of thiazole rings is 1. The van der Waals surface area contributed by atoms with Crippen LogP contribution in [0.1, 0.15) is 21.2 Å². The first-order valence-corrected chi connectivity index (χ1v) is 5.86. The maximum absolute atomic E-state index is 12.1. The Morgan fingerprint density at radius 3 is 2.94 bits per heavy atom. The number of imidazole rings is 1. The van der Waals surface area contributed by atoms with Crippen molar-refractivity contribution in [3.05, 3.63) is 28.8 Å². The fourth-order valence-corrected chi connectivity index (χ4v) is 2.30. The molecule has 0 aliphatic heterocycles. The highest BCUT2D eigenvalue weighted by Gasteiger charge is 2.18. The summed E-state index contributed by atoms with van der Waals surface area (Å²) in [7, 11) is 1.72. The third-order valence-electron chi connectivity index (χ3n) is 2.30. The lowest BCUT2D eigenvalue weighted by molar-refractivity contribution is 0.0785. The summed E-state index contributed by atoms with van der Waals surface area (Å²) >= 11 is 1.21. The van der Waals surface area contributed by atoms with Crippen molar-refractivity contribution in [3.63, 3.8) is 0 Å². The van der Waals surface area contributed by atoms with Gasteiger partial charge in [0.25, 0.3) is 5.91 Å². The van der Waals surface area contributed by atoms with Gasteiger partial charge >= 0.3 is 0 Å². The number of nitrogens with zero attached hydrogens (tertiary/aromatic N) is 3. The van der Waals surface area contributed by atoms with Crippen LogP contribution in [0, 0.1) is 6.92 Å². The molecule has 0 spiro atoms. The molecule has 2 aromatic heterocycles. The van der Waals surface area contributed by atoms with Crippen molar-refractivity contribution in [2.75, 3.05) is 12.8 Å². The summed E-state index contributed by atoms with van der Waals surface area (Å²) in [6.45, 7) is 2.21. The van der Waals surface area contributed by atoms with Crippen LogP contribution in [0.4, 0.5) is 5.13 Å². The van der Waals surface area contributed by atoms with Crippen LogP contribution in [0.3, 0.4) is 0 Å². The number of carbonyl (C=O) groups excluding carboxylic acids is 1. The SMILES string of the molecule is Cc1nc(N)sc1C(=O)N(C)Cc1ncc[nH]1. The zero-order valence-electron chi connectivity index (χ0n) is 9.60. The molecule has 0 saturated carbocycles. The number of hydrogen-bond acceptors (Lipinski definition) is 5. The third-order valence-corrected chi connectivity index (χ3v) is 3.27. The van der Waals surface area contributed by atoms with Crippen LogP contribution in [-0.2, 0) is 6.54 Å². The van der Waals surface area contributed by atoms with Crippen molar-refractivity contribution in [1.29, 1.82) is 0 Å². The van der Waals surface area contributed by atoms with E-state index in [0.717, 1.165) is 5.82 Å². The van der Waals surface area contributed by atoms with E-state index in [1.54, 1.807) is 31.3 Å². The quantitative estimate of drug-likeness (QED) is 0.852. The van der Waals surface area contributed by atoms with Gasteiger partial charge in [-0.1, -0.05) is 11.3 Å². The summed E-state index contributed by atoms with van der Waals surface area (Å²) in [5.74, 6) is 0.657. The Bertz CT molecular complexity index is 519. The third kappa shape index (κ3) is 2.44. The molecule has 0 aliphatic rings. The molecule has 17 heavy (non-hydrogen) atoms. The summed E-state index contributed by atoms with van der Waals surface area (Å²) in [5, 5.41) is 0.414. The first-order chi connectivity index (χ1) is 8.08. The summed E-state index contributed by atoms with van der Waals surface area (Å²) in [6, 6.07) is 0. The largest absolute Gasteiger partial charge is 0.375 e. The highest BCUT2D eigenvalue weighted by Crippen LogP contribution is 2.21. The molecular weight excluding hydrogens is 238 g/mol. The molecule has 0 aliphatic carbocycles. The number of nitrogen functional groups attached to an aromatic ring is 1. The second kappa shape index (κ2) is 4.54. The molecule has 0 aromatic carbocycles. The zero-order valence-corrected chi connectivity index (χ0v) is 10.4. The maximum atomic E-state index is 12.1. The normalized spacial score (nSPS) is 10.5. The van der Waals surface area contributed by atoms with Gasteiger partial charge in [-0.25, -0.2) is 9.97 Å². The van der Waals surface area contributed by atoms with Crippen molar-refractivity contribution < 1.29 is 4.79 Å². The molecule has 2 rings (SSSR count). The monoisotopic (exact) mass is 251 g/mol. The van der Waals surface area contributed by atoms with Gasteiger partial charge in [-0.2, -0.15) is 0 Å². The molecule has 0 bridgehead atoms. The average molecular weight is 251 g/mol. The van der Waals surface area contributed by atoms with Gasteiger partial charge in [0.1, 0.15) is 10.7 Å². The molecule has 2 aromatic rings. The molecule has 0 atom stereocenters. The number of aryl methyl sites for hydroxylation is 1. The molecule has 0 unspecified atom stereocenters. The lowest BCUT2D eigenvalue weighted by atomic mass is 10.3. The number of aromatic amines is 1. The van der Waals surface area contributed by atoms with E-state index in [2.05, 4.69) is 15.0 Å². The Kier molecular flexibility index (Phi) is 3.10. The number of carbonyl (C=O) groups is 1. The van der Waals surface area contributed by atoms with Crippen LogP contribution in [-0.4, -0.2) is 32.8 Å². The van der Waals surface area contributed by atoms with Gasteiger partial charge in [-0.05, 0) is 6.92 Å². The van der Waals surface area contributed by atoms with Gasteiger partial charge in [0, 0.05) is 19.4 Å². The molecule has 0 saturated heterocycles. The van der Waals surface area contributed by atoms with Crippen LogP contribution >= 0.6 is 11.3 Å². The van der Waals surface area contributed by atoms with E-state index in [1.165, 1.54) is 11.3 Å². The van der Waals surface area contributed by atoms with Gasteiger partial charge in [-0.3, -0.25) is 4.79 Å². The minimum absolute atomic E-state index is 0.0897. The van der Waals surface area contributed by atoms with Gasteiger partial charge in [0.2, 0.25) is 0 Å². The van der Waals surface area contributed by atoms with Crippen molar-refractivity contribution in [1.82, 2.24) is 19.9 Å². The molecule has 6 nitrogen and oxygen atoms in total. The number of H-pyrrole nitrogens is 1. The predicted molar refractivity (Wildman–Crippen MR) is 65.6 cm³/mol. The van der Waals surface area contributed by atoms with E-state index < -0.39 is 0 Å². The molecule has 7 heteroatoms. The molecule has 3 N–H and O–H groups in total. The van der Waals surface area contributed by atoms with E-state index >= 15 is 0 Å². The smallest absolute Gasteiger partial charge is 0.266 e. The Hall–Kier alpha value is -1.89. The van der Waals surface area contributed by atoms with E-state index in [1.807, 2.05) is 0 Å². The fourth-order valence-electron chi connectivity index (χ4n) is 1.47. The molecular formula is C10H13N5OS. The van der Waals surface area contributed by atoms with Crippen molar-refractivity contribution in [2.24, 2.45) is 0 Å². The highest BCUT2D eigenvalue weighted by atomic mass is 32.1. The van der Waals surface area contributed by atoms with Crippen molar-refractivity contribution in [2.45, 2.75) is 13.5 Å². The van der Waals surface area contributed by atoms with Crippen LogP contribution < -0.4 is 5.73 Å². The predicted octanol–water partition coefficient (Wildman–Crippen LogP) is 1.03. The van der Waals surface area contributed by atoms with Crippen LogP contribution in [0.15, 0.2) is 12.4 Å². The minimum Gasteiger partial charge on any atom is -0.375 e. The second-order valence-corrected chi connectivity index (χ2v) is 4.69. The Labute approximate surface area is 102 Å². The van der Waals surface area contributed by atoms with Crippen molar-refractivity contribution in [3.8, 4) is 0 Å². The van der Waals surface area contributed by atoms with Crippen LogP contribution in [0.2, 0.25) is 0 Å². The van der Waals surface area contributed by atoms with Crippen LogP contribution in [0.25, 0.3) is 0 Å². The van der Waals surface area contributed by atoms with E-state index in [9.17, 15) is 4.79 Å². The molecule has 0 fully saturated rings. The Balaban J connectivity index is 2.12. The van der Waals surface area contributed by atoms with Crippen molar-refractivity contribution >= 4 is 22.4 Å². The van der Waals surface area contributed by atoms with E-state index in [0.29, 0.717) is 22.2 Å². The van der Waals surface area contributed by atoms with Crippen LogP contribution in [0.5, 0.6) is 0 Å². The lowest BCUT2D eigenvalue weighted by Gasteiger charge is -2.14. The minimum atomic E-state index is -0.0897. The maximum Gasteiger partial charge on any atom is 0.266 e. The molecule has 1 amide bonds.